The fraction of sp³-hybridized carbons (Fsp3) is 0.500. The Balaban J connectivity index is 2.00. The van der Waals surface area contributed by atoms with Gasteiger partial charge in [-0.2, -0.15) is 0 Å². The number of hydrogen-bond acceptors (Lipinski definition) is 2. The average molecular weight is 289 g/mol. The third-order valence-electron chi connectivity index (χ3n) is 3.59. The van der Waals surface area contributed by atoms with Crippen molar-refractivity contribution in [2.45, 2.75) is 27.2 Å². The molecular weight excluding hydrogens is 266 g/mol. The van der Waals surface area contributed by atoms with E-state index in [0.717, 1.165) is 13.1 Å². The number of carbonyl (C=O) groups excluding carboxylic acids is 2. The Morgan fingerprint density at radius 1 is 1.10 bits per heavy atom. The molecule has 0 unspecified atom stereocenters. The van der Waals surface area contributed by atoms with E-state index in [9.17, 15) is 9.59 Å². The van der Waals surface area contributed by atoms with E-state index < -0.39 is 0 Å². The minimum Gasteiger partial charge on any atom is -0.326 e. The standard InChI is InChI=1S/C16H23N3O2/c1-11-7-12(2)10-19(9-11)16(21)18-15-6-4-5-14(8-15)17-13(3)20/h4-6,8,11-12H,7,9-10H2,1-3H3,(H,17,20)(H,18,21)/t11-,12-/m0/s1. The summed E-state index contributed by atoms with van der Waals surface area (Å²) in [6.07, 6.45) is 1.17. The van der Waals surface area contributed by atoms with E-state index >= 15 is 0 Å². The van der Waals surface area contributed by atoms with Crippen molar-refractivity contribution in [2.24, 2.45) is 11.8 Å². The monoisotopic (exact) mass is 289 g/mol. The number of nitrogens with one attached hydrogen (secondary N) is 2. The lowest BCUT2D eigenvalue weighted by atomic mass is 9.92. The first kappa shape index (κ1) is 15.4. The van der Waals surface area contributed by atoms with Crippen LogP contribution in [-0.2, 0) is 4.79 Å². The highest BCUT2D eigenvalue weighted by molar-refractivity contribution is 5.92. The Bertz CT molecular complexity index is 520. The molecule has 2 atom stereocenters. The Labute approximate surface area is 125 Å². The summed E-state index contributed by atoms with van der Waals surface area (Å²) >= 11 is 0. The lowest BCUT2D eigenvalue weighted by molar-refractivity contribution is -0.114. The molecule has 5 nitrogen and oxygen atoms in total. The van der Waals surface area contributed by atoms with Gasteiger partial charge >= 0.3 is 6.03 Å². The minimum absolute atomic E-state index is 0.0756. The SMILES string of the molecule is CC(=O)Nc1cccc(NC(=O)N2C[C@@H](C)C[C@H](C)C2)c1. The van der Waals surface area contributed by atoms with Crippen molar-refractivity contribution in [3.8, 4) is 0 Å². The first-order valence-corrected chi connectivity index (χ1v) is 7.37. The molecule has 1 aromatic carbocycles. The van der Waals surface area contributed by atoms with Crippen molar-refractivity contribution in [1.29, 1.82) is 0 Å². The number of hydrogen-bond donors (Lipinski definition) is 2. The Morgan fingerprint density at radius 3 is 2.24 bits per heavy atom. The number of nitrogens with zero attached hydrogens (tertiary/aromatic N) is 1. The summed E-state index contributed by atoms with van der Waals surface area (Å²) in [5.41, 5.74) is 1.37. The molecule has 1 aromatic rings. The third-order valence-corrected chi connectivity index (χ3v) is 3.59. The second-order valence-corrected chi connectivity index (χ2v) is 6.04. The predicted octanol–water partition coefficient (Wildman–Crippen LogP) is 3.15. The van der Waals surface area contributed by atoms with Gasteiger partial charge < -0.3 is 15.5 Å². The zero-order valence-corrected chi connectivity index (χ0v) is 12.8. The molecule has 1 aliphatic rings. The van der Waals surface area contributed by atoms with Crippen LogP contribution < -0.4 is 10.6 Å². The highest BCUT2D eigenvalue weighted by atomic mass is 16.2. The van der Waals surface area contributed by atoms with E-state index in [1.54, 1.807) is 12.1 Å². The summed E-state index contributed by atoms with van der Waals surface area (Å²) in [6.45, 7) is 7.39. The summed E-state index contributed by atoms with van der Waals surface area (Å²) in [5.74, 6) is 0.938. The maximum Gasteiger partial charge on any atom is 0.321 e. The predicted molar refractivity (Wildman–Crippen MR) is 84.3 cm³/mol. The highest BCUT2D eigenvalue weighted by Gasteiger charge is 2.25. The van der Waals surface area contributed by atoms with Crippen molar-refractivity contribution in [3.05, 3.63) is 24.3 Å². The van der Waals surface area contributed by atoms with Crippen LogP contribution in [0.15, 0.2) is 24.3 Å². The van der Waals surface area contributed by atoms with Gasteiger partial charge in [0, 0.05) is 31.4 Å². The van der Waals surface area contributed by atoms with Crippen LogP contribution >= 0.6 is 0 Å². The number of likely N-dealkylation sites (tertiary alicyclic amines) is 1. The zero-order chi connectivity index (χ0) is 15.4. The van der Waals surface area contributed by atoms with Crippen LogP contribution in [0.5, 0.6) is 0 Å². The minimum atomic E-state index is -0.128. The molecule has 1 aliphatic heterocycles. The van der Waals surface area contributed by atoms with Crippen LogP contribution in [0.4, 0.5) is 16.2 Å². The molecule has 0 saturated carbocycles. The van der Waals surface area contributed by atoms with Gasteiger partial charge in [0.15, 0.2) is 0 Å². The maximum atomic E-state index is 12.3. The van der Waals surface area contributed by atoms with E-state index in [2.05, 4.69) is 24.5 Å². The molecule has 2 rings (SSSR count). The van der Waals surface area contributed by atoms with Crippen LogP contribution in [0.2, 0.25) is 0 Å². The Hall–Kier alpha value is -2.04. The van der Waals surface area contributed by atoms with E-state index in [1.165, 1.54) is 13.3 Å². The summed E-state index contributed by atoms with van der Waals surface area (Å²) in [5, 5.41) is 5.61. The molecule has 1 saturated heterocycles. The molecule has 0 radical (unpaired) electrons. The zero-order valence-electron chi connectivity index (χ0n) is 12.8. The van der Waals surface area contributed by atoms with E-state index in [1.807, 2.05) is 17.0 Å². The van der Waals surface area contributed by atoms with Crippen LogP contribution in [-0.4, -0.2) is 29.9 Å². The Morgan fingerprint density at radius 2 is 1.67 bits per heavy atom. The molecular formula is C16H23N3O2. The quantitative estimate of drug-likeness (QED) is 0.878. The largest absolute Gasteiger partial charge is 0.326 e. The van der Waals surface area contributed by atoms with Gasteiger partial charge in [0.2, 0.25) is 5.91 Å². The number of anilines is 2. The van der Waals surface area contributed by atoms with Crippen LogP contribution in [0.1, 0.15) is 27.2 Å². The summed E-state index contributed by atoms with van der Waals surface area (Å²) in [4.78, 5) is 25.2. The van der Waals surface area contributed by atoms with Crippen molar-refractivity contribution in [2.75, 3.05) is 23.7 Å². The smallest absolute Gasteiger partial charge is 0.321 e. The normalized spacial score (nSPS) is 21.8. The molecule has 2 N–H and O–H groups in total. The molecule has 3 amide bonds. The van der Waals surface area contributed by atoms with Gasteiger partial charge in [-0.05, 0) is 36.5 Å². The fourth-order valence-electron chi connectivity index (χ4n) is 2.91. The van der Waals surface area contributed by atoms with Crippen LogP contribution in [0.25, 0.3) is 0 Å². The molecule has 0 aromatic heterocycles. The topological polar surface area (TPSA) is 61.4 Å². The molecule has 5 heteroatoms. The van der Waals surface area contributed by atoms with Gasteiger partial charge in [-0.3, -0.25) is 4.79 Å². The lowest BCUT2D eigenvalue weighted by Gasteiger charge is -2.34. The molecule has 0 spiro atoms. The van der Waals surface area contributed by atoms with Gasteiger partial charge in [-0.1, -0.05) is 19.9 Å². The lowest BCUT2D eigenvalue weighted by Crippen LogP contribution is -2.44. The second-order valence-electron chi connectivity index (χ2n) is 6.04. The van der Waals surface area contributed by atoms with E-state index in [-0.39, 0.29) is 11.9 Å². The third kappa shape index (κ3) is 4.48. The number of piperidine rings is 1. The highest BCUT2D eigenvalue weighted by Crippen LogP contribution is 2.22. The van der Waals surface area contributed by atoms with Gasteiger partial charge in [-0.15, -0.1) is 0 Å². The molecule has 1 fully saturated rings. The average Bonchev–Trinajstić information content (AvgIpc) is 2.37. The van der Waals surface area contributed by atoms with Crippen molar-refractivity contribution < 1.29 is 9.59 Å². The van der Waals surface area contributed by atoms with Gasteiger partial charge in [-0.25, -0.2) is 4.79 Å². The Kier molecular flexibility index (Phi) is 4.83. The number of carbonyl (C=O) groups is 2. The molecule has 0 aliphatic carbocycles. The maximum absolute atomic E-state index is 12.3. The first-order valence-electron chi connectivity index (χ1n) is 7.37. The fourth-order valence-corrected chi connectivity index (χ4v) is 2.91. The molecule has 114 valence electrons. The first-order chi connectivity index (χ1) is 9.94. The summed E-state index contributed by atoms with van der Waals surface area (Å²) < 4.78 is 0. The number of amides is 3. The van der Waals surface area contributed by atoms with E-state index in [0.29, 0.717) is 23.2 Å². The second kappa shape index (κ2) is 6.61. The number of rotatable bonds is 2. The number of benzene rings is 1. The van der Waals surface area contributed by atoms with Gasteiger partial charge in [0.1, 0.15) is 0 Å². The number of urea groups is 1. The molecule has 1 heterocycles. The van der Waals surface area contributed by atoms with E-state index in [4.69, 9.17) is 0 Å². The summed E-state index contributed by atoms with van der Waals surface area (Å²) in [7, 11) is 0. The summed E-state index contributed by atoms with van der Waals surface area (Å²) in [6, 6.07) is 7.11. The van der Waals surface area contributed by atoms with Gasteiger partial charge in [0.25, 0.3) is 0 Å². The van der Waals surface area contributed by atoms with Crippen LogP contribution in [0, 0.1) is 11.8 Å². The van der Waals surface area contributed by atoms with Gasteiger partial charge in [0.05, 0.1) is 0 Å². The van der Waals surface area contributed by atoms with Crippen molar-refractivity contribution in [1.82, 2.24) is 4.90 Å². The van der Waals surface area contributed by atoms with Crippen molar-refractivity contribution in [3.63, 3.8) is 0 Å². The van der Waals surface area contributed by atoms with Crippen molar-refractivity contribution >= 4 is 23.3 Å². The molecule has 21 heavy (non-hydrogen) atoms. The van der Waals surface area contributed by atoms with Crippen LogP contribution in [0.3, 0.4) is 0 Å². The molecule has 0 bridgehead atoms.